The van der Waals surface area contributed by atoms with Gasteiger partial charge in [-0.3, -0.25) is 14.8 Å². The minimum absolute atomic E-state index is 0. The second kappa shape index (κ2) is 14.5. The number of hydrogen-bond acceptors (Lipinski definition) is 6. The third-order valence-corrected chi connectivity index (χ3v) is 6.51. The highest BCUT2D eigenvalue weighted by Gasteiger charge is 2.27. The number of carbonyl (C=O) groups excluding carboxylic acids is 3. The number of nitrogens with one attached hydrogen (secondary N) is 2. The van der Waals surface area contributed by atoms with Crippen LogP contribution in [-0.4, -0.2) is 101 Å². The number of urea groups is 1. The maximum atomic E-state index is 12.8. The number of aliphatic hydroxyl groups excluding tert-OH is 1. The summed E-state index contributed by atoms with van der Waals surface area (Å²) in [5, 5.41) is 25.9. The summed E-state index contributed by atoms with van der Waals surface area (Å²) in [7, 11) is 1.97. The van der Waals surface area contributed by atoms with Crippen LogP contribution in [0.1, 0.15) is 37.2 Å². The molecule has 38 heavy (non-hydrogen) atoms. The molecule has 0 saturated carbocycles. The lowest BCUT2D eigenvalue weighted by molar-refractivity contribution is -0.125. The second-order valence-corrected chi connectivity index (χ2v) is 9.31. The third kappa shape index (κ3) is 8.27. The van der Waals surface area contributed by atoms with Crippen molar-refractivity contribution in [3.05, 3.63) is 59.7 Å². The minimum Gasteiger partial charge on any atom is -0.391 e. The Bertz CT molecular complexity index is 1050. The van der Waals surface area contributed by atoms with Gasteiger partial charge >= 0.3 is 6.03 Å². The van der Waals surface area contributed by atoms with Crippen molar-refractivity contribution >= 4 is 17.8 Å². The normalized spacial score (nSPS) is 15.1. The van der Waals surface area contributed by atoms with E-state index in [-0.39, 0.29) is 20.5 Å². The molecule has 10 nitrogen and oxygen atoms in total. The van der Waals surface area contributed by atoms with E-state index in [1.54, 1.807) is 17.0 Å². The summed E-state index contributed by atoms with van der Waals surface area (Å²) in [4.78, 5) is 41.4. The minimum atomic E-state index is -1.20. The van der Waals surface area contributed by atoms with Crippen LogP contribution >= 0.6 is 0 Å². The quantitative estimate of drug-likeness (QED) is 0.293. The Hall–Kier alpha value is -3.47. The fraction of sp³-hybridized carbons (Fsp3) is 0.464. The largest absolute Gasteiger partial charge is 0.391 e. The molecular formula is C28H41N5O5. The van der Waals surface area contributed by atoms with Crippen molar-refractivity contribution in [2.45, 2.75) is 39.8 Å². The lowest BCUT2D eigenvalue weighted by Gasteiger charge is -2.34. The van der Waals surface area contributed by atoms with E-state index in [1.807, 2.05) is 31.3 Å². The second-order valence-electron chi connectivity index (χ2n) is 9.31. The van der Waals surface area contributed by atoms with Crippen molar-refractivity contribution in [1.82, 2.24) is 25.5 Å². The third-order valence-electron chi connectivity index (χ3n) is 6.51. The summed E-state index contributed by atoms with van der Waals surface area (Å²) < 4.78 is 0. The van der Waals surface area contributed by atoms with E-state index in [1.165, 1.54) is 12.5 Å². The van der Waals surface area contributed by atoms with Crippen LogP contribution in [0.5, 0.6) is 0 Å². The number of likely N-dealkylation sites (N-methyl/N-ethyl adjacent to an activating group) is 1. The smallest absolute Gasteiger partial charge is 0.343 e. The highest BCUT2D eigenvalue weighted by molar-refractivity contribution is 5.98. The summed E-state index contributed by atoms with van der Waals surface area (Å²) in [6, 6.07) is 13.5. The van der Waals surface area contributed by atoms with Gasteiger partial charge in [0.1, 0.15) is 6.04 Å². The van der Waals surface area contributed by atoms with Crippen molar-refractivity contribution in [2.75, 3.05) is 46.3 Å². The standard InChI is InChI=1S/C27H37N5O5.CH4/c1-4-20-5-7-21(8-6-20)22-9-11-23(12-10-22)25(34)29-24(19(2)33)26(35)28-13-14-32(37)27(36)31-17-15-30(3)16-18-31;/h5-12,19,24,33,37H,4,13-18H2,1-3H3,(H,28,35)(H,29,34);1H4/t19-,24+;/m1./s1. The molecule has 1 heterocycles. The summed E-state index contributed by atoms with van der Waals surface area (Å²) in [6.45, 7) is 5.81. The van der Waals surface area contributed by atoms with Crippen molar-refractivity contribution in [3.63, 3.8) is 0 Å². The maximum absolute atomic E-state index is 12.8. The average Bonchev–Trinajstić information content (AvgIpc) is 2.91. The van der Waals surface area contributed by atoms with E-state index in [0.29, 0.717) is 23.7 Å². The molecule has 2 atom stereocenters. The van der Waals surface area contributed by atoms with Gasteiger partial charge in [0.25, 0.3) is 5.91 Å². The molecule has 0 aromatic heterocycles. The van der Waals surface area contributed by atoms with Gasteiger partial charge < -0.3 is 25.5 Å². The number of hydroxylamine groups is 2. The molecule has 1 aliphatic heterocycles. The van der Waals surface area contributed by atoms with Crippen LogP contribution < -0.4 is 10.6 Å². The van der Waals surface area contributed by atoms with E-state index in [0.717, 1.165) is 30.6 Å². The van der Waals surface area contributed by atoms with Crippen LogP contribution in [0.15, 0.2) is 48.5 Å². The van der Waals surface area contributed by atoms with Crippen molar-refractivity contribution in [2.24, 2.45) is 0 Å². The summed E-state index contributed by atoms with van der Waals surface area (Å²) >= 11 is 0. The molecule has 1 saturated heterocycles. The Balaban J connectivity index is 0.00000507. The Labute approximate surface area is 225 Å². The van der Waals surface area contributed by atoms with Crippen LogP contribution in [0.25, 0.3) is 11.1 Å². The molecule has 0 aliphatic carbocycles. The highest BCUT2D eigenvalue weighted by atomic mass is 16.5. The number of aryl methyl sites for hydroxylation is 1. The Morgan fingerprint density at radius 1 is 0.974 bits per heavy atom. The molecule has 0 spiro atoms. The predicted octanol–water partition coefficient (Wildman–Crippen LogP) is 2.21. The molecule has 3 rings (SSSR count). The van der Waals surface area contributed by atoms with Gasteiger partial charge in [0.2, 0.25) is 5.91 Å². The van der Waals surface area contributed by atoms with Crippen LogP contribution in [0.3, 0.4) is 0 Å². The predicted molar refractivity (Wildman–Crippen MR) is 147 cm³/mol. The number of hydrogen-bond donors (Lipinski definition) is 4. The first-order valence-electron chi connectivity index (χ1n) is 12.6. The van der Waals surface area contributed by atoms with Crippen LogP contribution in [0.4, 0.5) is 4.79 Å². The molecule has 1 aliphatic rings. The molecule has 2 aromatic rings. The van der Waals surface area contributed by atoms with E-state index in [4.69, 9.17) is 0 Å². The lowest BCUT2D eigenvalue weighted by Crippen LogP contribution is -2.54. The Morgan fingerprint density at radius 2 is 1.53 bits per heavy atom. The highest BCUT2D eigenvalue weighted by Crippen LogP contribution is 2.20. The van der Waals surface area contributed by atoms with Gasteiger partial charge in [0.05, 0.1) is 12.6 Å². The SMILES string of the molecule is C.CCc1ccc(-c2ccc(C(=O)N[C@H](C(=O)NCCN(O)C(=O)N3CCN(C)CC3)[C@@H](C)O)cc2)cc1. The summed E-state index contributed by atoms with van der Waals surface area (Å²) in [6.07, 6.45) is -0.192. The zero-order valence-corrected chi connectivity index (χ0v) is 21.7. The molecule has 10 heteroatoms. The van der Waals surface area contributed by atoms with E-state index >= 15 is 0 Å². The van der Waals surface area contributed by atoms with Gasteiger partial charge in [-0.25, -0.2) is 9.86 Å². The maximum Gasteiger partial charge on any atom is 0.343 e. The van der Waals surface area contributed by atoms with E-state index < -0.39 is 30.0 Å². The average molecular weight is 528 g/mol. The first kappa shape index (κ1) is 30.8. The van der Waals surface area contributed by atoms with Crippen LogP contribution in [0.2, 0.25) is 0 Å². The first-order chi connectivity index (χ1) is 17.7. The van der Waals surface area contributed by atoms with Gasteiger partial charge in [0.15, 0.2) is 0 Å². The zero-order valence-electron chi connectivity index (χ0n) is 21.7. The number of benzene rings is 2. The van der Waals surface area contributed by atoms with Crippen molar-refractivity contribution < 1.29 is 24.7 Å². The van der Waals surface area contributed by atoms with Gasteiger partial charge in [-0.1, -0.05) is 50.7 Å². The van der Waals surface area contributed by atoms with Crippen LogP contribution in [-0.2, 0) is 11.2 Å². The van der Waals surface area contributed by atoms with Gasteiger partial charge in [-0.2, -0.15) is 0 Å². The number of piperazine rings is 1. The van der Waals surface area contributed by atoms with Gasteiger partial charge in [-0.15, -0.1) is 0 Å². The fourth-order valence-corrected chi connectivity index (χ4v) is 4.03. The number of amides is 4. The molecule has 0 unspecified atom stereocenters. The molecule has 2 aromatic carbocycles. The number of aliphatic hydroxyl groups is 1. The van der Waals surface area contributed by atoms with Crippen molar-refractivity contribution in [3.8, 4) is 11.1 Å². The van der Waals surface area contributed by atoms with E-state index in [9.17, 15) is 24.7 Å². The van der Waals surface area contributed by atoms with Gasteiger partial charge in [0, 0.05) is 38.3 Å². The molecule has 4 amide bonds. The molecule has 1 fully saturated rings. The number of rotatable bonds is 9. The molecular weight excluding hydrogens is 486 g/mol. The topological polar surface area (TPSA) is 125 Å². The molecule has 4 N–H and O–H groups in total. The van der Waals surface area contributed by atoms with Crippen molar-refractivity contribution in [1.29, 1.82) is 0 Å². The number of carbonyl (C=O) groups is 3. The summed E-state index contributed by atoms with van der Waals surface area (Å²) in [5.41, 5.74) is 3.60. The monoisotopic (exact) mass is 527 g/mol. The molecule has 0 bridgehead atoms. The zero-order chi connectivity index (χ0) is 26.9. The fourth-order valence-electron chi connectivity index (χ4n) is 4.03. The number of nitrogens with zero attached hydrogens (tertiary/aromatic N) is 3. The molecule has 0 radical (unpaired) electrons. The lowest BCUT2D eigenvalue weighted by atomic mass is 10.0. The molecule has 208 valence electrons. The van der Waals surface area contributed by atoms with E-state index in [2.05, 4.69) is 34.6 Å². The van der Waals surface area contributed by atoms with Gasteiger partial charge in [-0.05, 0) is 49.2 Å². The Kier molecular flexibility index (Phi) is 11.7. The van der Waals surface area contributed by atoms with Crippen LogP contribution in [0, 0.1) is 0 Å². The Morgan fingerprint density at radius 3 is 2.05 bits per heavy atom. The summed E-state index contributed by atoms with van der Waals surface area (Å²) in [5.74, 6) is -1.11. The first-order valence-corrected chi connectivity index (χ1v) is 12.6.